The van der Waals surface area contributed by atoms with Crippen molar-refractivity contribution in [3.05, 3.63) is 35.2 Å². The second-order valence-corrected chi connectivity index (χ2v) is 6.57. The average Bonchev–Trinajstić information content (AvgIpc) is 2.91. The van der Waals surface area contributed by atoms with Crippen LogP contribution >= 0.6 is 11.3 Å². The van der Waals surface area contributed by atoms with E-state index in [-0.39, 0.29) is 5.92 Å². The fourth-order valence-corrected chi connectivity index (χ4v) is 3.85. The highest BCUT2D eigenvalue weighted by molar-refractivity contribution is 7.19. The number of hydrogen-bond donors (Lipinski definition) is 2. The molecule has 1 aromatic carbocycles. The molecule has 1 fully saturated rings. The molecule has 0 amide bonds. The average molecular weight is 305 g/mol. The van der Waals surface area contributed by atoms with Gasteiger partial charge in [-0.05, 0) is 36.3 Å². The topological polar surface area (TPSA) is 58.6 Å². The summed E-state index contributed by atoms with van der Waals surface area (Å²) in [4.78, 5) is 12.7. The van der Waals surface area contributed by atoms with E-state index in [1.807, 2.05) is 12.1 Å². The summed E-state index contributed by atoms with van der Waals surface area (Å²) in [6.45, 7) is 1.94. The van der Waals surface area contributed by atoms with Gasteiger partial charge >= 0.3 is 5.97 Å². The third-order valence-corrected chi connectivity index (χ3v) is 5.09. The number of carboxylic acids is 1. The summed E-state index contributed by atoms with van der Waals surface area (Å²) in [5.41, 5.74) is 0. The molecule has 4 nitrogen and oxygen atoms in total. The van der Waals surface area contributed by atoms with Crippen molar-refractivity contribution in [3.8, 4) is 0 Å². The lowest BCUT2D eigenvalue weighted by molar-refractivity contribution is -0.142. The molecular weight excluding hydrogens is 286 g/mol. The number of rotatable bonds is 5. The van der Waals surface area contributed by atoms with Crippen LogP contribution in [0.5, 0.6) is 0 Å². The van der Waals surface area contributed by atoms with Gasteiger partial charge in [-0.2, -0.15) is 0 Å². The molecule has 112 valence electrons. The summed E-state index contributed by atoms with van der Waals surface area (Å²) in [5, 5.41) is 13.9. The highest BCUT2D eigenvalue weighted by Gasteiger charge is 2.29. The van der Waals surface area contributed by atoms with E-state index in [2.05, 4.69) is 23.5 Å². The van der Waals surface area contributed by atoms with Gasteiger partial charge in [0.15, 0.2) is 0 Å². The fraction of sp³-hybridized carbons (Fsp3) is 0.438. The van der Waals surface area contributed by atoms with Crippen molar-refractivity contribution in [2.24, 2.45) is 5.92 Å². The lowest BCUT2D eigenvalue weighted by Gasteiger charge is -2.28. The highest BCUT2D eigenvalue weighted by atomic mass is 32.1. The summed E-state index contributed by atoms with van der Waals surface area (Å²) < 4.78 is 6.56. The largest absolute Gasteiger partial charge is 0.480 e. The first-order valence-electron chi connectivity index (χ1n) is 7.25. The SMILES string of the molecule is O=C(O)C(NCc1cc2ccccc2s1)C1CCOCC1. The number of thiophene rings is 1. The Balaban J connectivity index is 1.67. The van der Waals surface area contributed by atoms with Crippen LogP contribution in [0.4, 0.5) is 0 Å². The van der Waals surface area contributed by atoms with E-state index < -0.39 is 12.0 Å². The van der Waals surface area contributed by atoms with E-state index in [1.54, 1.807) is 11.3 Å². The summed E-state index contributed by atoms with van der Waals surface area (Å²) in [7, 11) is 0. The zero-order valence-electron chi connectivity index (χ0n) is 11.7. The molecule has 0 spiro atoms. The minimum absolute atomic E-state index is 0.158. The highest BCUT2D eigenvalue weighted by Crippen LogP contribution is 2.26. The quantitative estimate of drug-likeness (QED) is 0.892. The first-order valence-corrected chi connectivity index (χ1v) is 8.07. The smallest absolute Gasteiger partial charge is 0.320 e. The van der Waals surface area contributed by atoms with E-state index in [1.165, 1.54) is 15.0 Å². The van der Waals surface area contributed by atoms with Crippen molar-refractivity contribution in [1.82, 2.24) is 5.32 Å². The molecule has 0 bridgehead atoms. The minimum Gasteiger partial charge on any atom is -0.480 e. The van der Waals surface area contributed by atoms with Crippen molar-refractivity contribution >= 4 is 27.4 Å². The summed E-state index contributed by atoms with van der Waals surface area (Å²) >= 11 is 1.72. The standard InChI is InChI=1S/C16H19NO3S/c18-16(19)15(11-5-7-20-8-6-11)17-10-13-9-12-3-1-2-4-14(12)21-13/h1-4,9,11,15,17H,5-8,10H2,(H,18,19). The number of aliphatic carboxylic acids is 1. The van der Waals surface area contributed by atoms with Gasteiger partial charge in [0.05, 0.1) is 0 Å². The maximum absolute atomic E-state index is 11.5. The van der Waals surface area contributed by atoms with Gasteiger partial charge in [-0.25, -0.2) is 0 Å². The Kier molecular flexibility index (Phi) is 4.53. The van der Waals surface area contributed by atoms with E-state index in [0.29, 0.717) is 19.8 Å². The first kappa shape index (κ1) is 14.5. The van der Waals surface area contributed by atoms with Gasteiger partial charge in [0.1, 0.15) is 6.04 Å². The second kappa shape index (κ2) is 6.56. The van der Waals surface area contributed by atoms with Crippen molar-refractivity contribution in [3.63, 3.8) is 0 Å². The molecule has 1 saturated heterocycles. The first-order chi connectivity index (χ1) is 10.2. The zero-order chi connectivity index (χ0) is 14.7. The Morgan fingerprint density at radius 1 is 1.38 bits per heavy atom. The van der Waals surface area contributed by atoms with Crippen LogP contribution in [-0.2, 0) is 16.1 Å². The van der Waals surface area contributed by atoms with E-state index >= 15 is 0 Å². The van der Waals surface area contributed by atoms with Gasteiger partial charge in [0.2, 0.25) is 0 Å². The van der Waals surface area contributed by atoms with Crippen LogP contribution in [0.3, 0.4) is 0 Å². The number of ether oxygens (including phenoxy) is 1. The van der Waals surface area contributed by atoms with Gasteiger partial charge in [0, 0.05) is 29.3 Å². The van der Waals surface area contributed by atoms with Crippen molar-refractivity contribution < 1.29 is 14.6 Å². The number of benzene rings is 1. The number of carbonyl (C=O) groups is 1. The van der Waals surface area contributed by atoms with Crippen LogP contribution in [0.25, 0.3) is 10.1 Å². The maximum Gasteiger partial charge on any atom is 0.320 e. The van der Waals surface area contributed by atoms with Gasteiger partial charge in [0.25, 0.3) is 0 Å². The third-order valence-electron chi connectivity index (χ3n) is 3.98. The van der Waals surface area contributed by atoms with Crippen molar-refractivity contribution in [2.75, 3.05) is 13.2 Å². The van der Waals surface area contributed by atoms with Crippen LogP contribution in [-0.4, -0.2) is 30.3 Å². The molecule has 2 N–H and O–H groups in total. The summed E-state index contributed by atoms with van der Waals surface area (Å²) in [6.07, 6.45) is 1.63. The van der Waals surface area contributed by atoms with Gasteiger partial charge in [-0.3, -0.25) is 10.1 Å². The maximum atomic E-state index is 11.5. The zero-order valence-corrected chi connectivity index (χ0v) is 12.6. The lowest BCUT2D eigenvalue weighted by Crippen LogP contribution is -2.44. The second-order valence-electron chi connectivity index (χ2n) is 5.40. The van der Waals surface area contributed by atoms with Crippen LogP contribution in [0, 0.1) is 5.92 Å². The fourth-order valence-electron chi connectivity index (χ4n) is 2.84. The number of hydrogen-bond acceptors (Lipinski definition) is 4. The van der Waals surface area contributed by atoms with Gasteiger partial charge in [-0.15, -0.1) is 11.3 Å². The molecule has 0 saturated carbocycles. The number of fused-ring (bicyclic) bond motifs is 1. The molecule has 1 unspecified atom stereocenters. The Morgan fingerprint density at radius 2 is 2.14 bits per heavy atom. The van der Waals surface area contributed by atoms with E-state index in [4.69, 9.17) is 4.74 Å². The Morgan fingerprint density at radius 3 is 2.86 bits per heavy atom. The molecule has 1 aliphatic rings. The van der Waals surface area contributed by atoms with Crippen LogP contribution in [0.15, 0.2) is 30.3 Å². The summed E-state index contributed by atoms with van der Waals surface area (Å²) in [5.74, 6) is -0.603. The number of carboxylic acid groups (broad SMARTS) is 1. The third kappa shape index (κ3) is 3.43. The molecule has 2 heterocycles. The van der Waals surface area contributed by atoms with Gasteiger partial charge < -0.3 is 9.84 Å². The normalized spacial score (nSPS) is 17.9. The molecule has 3 rings (SSSR count). The van der Waals surface area contributed by atoms with Gasteiger partial charge in [-0.1, -0.05) is 18.2 Å². The Bertz CT molecular complexity index is 586. The molecule has 5 heteroatoms. The minimum atomic E-state index is -0.761. The number of nitrogens with one attached hydrogen (secondary N) is 1. The molecule has 1 atom stereocenters. The van der Waals surface area contributed by atoms with Crippen LogP contribution in [0.2, 0.25) is 0 Å². The van der Waals surface area contributed by atoms with Crippen LogP contribution < -0.4 is 5.32 Å². The van der Waals surface area contributed by atoms with E-state index in [0.717, 1.165) is 12.8 Å². The molecule has 0 radical (unpaired) electrons. The molecule has 0 aliphatic carbocycles. The van der Waals surface area contributed by atoms with Crippen LogP contribution in [0.1, 0.15) is 17.7 Å². The lowest BCUT2D eigenvalue weighted by atomic mass is 9.92. The monoisotopic (exact) mass is 305 g/mol. The van der Waals surface area contributed by atoms with Crippen molar-refractivity contribution in [2.45, 2.75) is 25.4 Å². The molecular formula is C16H19NO3S. The molecule has 2 aromatic rings. The Labute approximate surface area is 127 Å². The summed E-state index contributed by atoms with van der Waals surface area (Å²) in [6, 6.07) is 9.88. The van der Waals surface area contributed by atoms with Crippen molar-refractivity contribution in [1.29, 1.82) is 0 Å². The Hall–Kier alpha value is -1.43. The molecule has 1 aliphatic heterocycles. The predicted octanol–water partition coefficient (Wildman–Crippen LogP) is 2.87. The van der Waals surface area contributed by atoms with E-state index in [9.17, 15) is 9.90 Å². The molecule has 21 heavy (non-hydrogen) atoms. The molecule has 1 aromatic heterocycles. The predicted molar refractivity (Wildman–Crippen MR) is 83.6 cm³/mol.